The minimum absolute atomic E-state index is 0.0130. The number of hydrogen-bond donors (Lipinski definition) is 2. The van der Waals surface area contributed by atoms with E-state index in [-0.39, 0.29) is 29.9 Å². The lowest BCUT2D eigenvalue weighted by molar-refractivity contribution is 0.0609. The Morgan fingerprint density at radius 3 is 2.24 bits per heavy atom. The molecular formula is C15H19N3O3. The number of benzene rings is 1. The molecule has 0 saturated heterocycles. The lowest BCUT2D eigenvalue weighted by Gasteiger charge is -2.17. The maximum absolute atomic E-state index is 12.2. The number of carbonyl (C=O) groups is 3. The van der Waals surface area contributed by atoms with Crippen molar-refractivity contribution in [1.82, 2.24) is 10.2 Å². The Morgan fingerprint density at radius 1 is 1.05 bits per heavy atom. The molecule has 2 N–H and O–H groups in total. The van der Waals surface area contributed by atoms with E-state index in [1.54, 1.807) is 26.0 Å². The van der Waals surface area contributed by atoms with E-state index in [2.05, 4.69) is 10.6 Å². The Labute approximate surface area is 123 Å². The van der Waals surface area contributed by atoms with Gasteiger partial charge in [0.1, 0.15) is 0 Å². The molecule has 1 aromatic carbocycles. The molecule has 0 unspecified atom stereocenters. The summed E-state index contributed by atoms with van der Waals surface area (Å²) in [5.41, 5.74) is 1.19. The van der Waals surface area contributed by atoms with Crippen molar-refractivity contribution in [1.29, 1.82) is 0 Å². The monoisotopic (exact) mass is 289 g/mol. The van der Waals surface area contributed by atoms with Crippen LogP contribution in [0, 0.1) is 0 Å². The van der Waals surface area contributed by atoms with Crippen LogP contribution < -0.4 is 10.6 Å². The fourth-order valence-electron chi connectivity index (χ4n) is 2.24. The number of hydrogen-bond acceptors (Lipinski definition) is 3. The van der Waals surface area contributed by atoms with Crippen molar-refractivity contribution in [2.75, 3.05) is 5.32 Å². The second-order valence-corrected chi connectivity index (χ2v) is 5.59. The highest BCUT2D eigenvalue weighted by molar-refractivity contribution is 6.22. The van der Waals surface area contributed by atoms with Crippen molar-refractivity contribution in [2.24, 2.45) is 0 Å². The van der Waals surface area contributed by atoms with Crippen molar-refractivity contribution in [2.45, 2.75) is 39.8 Å². The number of amides is 4. The van der Waals surface area contributed by atoms with E-state index >= 15 is 0 Å². The average molecular weight is 289 g/mol. The van der Waals surface area contributed by atoms with Gasteiger partial charge in [-0.25, -0.2) is 4.79 Å². The van der Waals surface area contributed by atoms with Crippen LogP contribution in [0.3, 0.4) is 0 Å². The largest absolute Gasteiger partial charge is 0.336 e. The van der Waals surface area contributed by atoms with E-state index in [1.807, 2.05) is 13.8 Å². The van der Waals surface area contributed by atoms with Gasteiger partial charge in [0, 0.05) is 17.8 Å². The van der Waals surface area contributed by atoms with E-state index in [0.29, 0.717) is 16.8 Å². The van der Waals surface area contributed by atoms with Crippen LogP contribution in [0.25, 0.3) is 0 Å². The number of nitrogens with one attached hydrogen (secondary N) is 2. The zero-order valence-electron chi connectivity index (χ0n) is 12.6. The van der Waals surface area contributed by atoms with Crippen LogP contribution in [-0.2, 0) is 0 Å². The molecule has 0 aliphatic carbocycles. The normalized spacial score (nSPS) is 13.9. The fourth-order valence-corrected chi connectivity index (χ4v) is 2.24. The SMILES string of the molecule is CC(C)NC(=O)Nc1ccc2c(c1)C(=O)N(C(C)C)C2=O. The number of fused-ring (bicyclic) bond motifs is 1. The molecule has 1 aromatic rings. The zero-order chi connectivity index (χ0) is 15.7. The van der Waals surface area contributed by atoms with E-state index in [1.165, 1.54) is 11.0 Å². The van der Waals surface area contributed by atoms with Crippen LogP contribution in [0.15, 0.2) is 18.2 Å². The number of anilines is 1. The molecule has 0 spiro atoms. The molecule has 21 heavy (non-hydrogen) atoms. The third-order valence-corrected chi connectivity index (χ3v) is 3.11. The zero-order valence-corrected chi connectivity index (χ0v) is 12.6. The Hall–Kier alpha value is -2.37. The minimum atomic E-state index is -0.345. The van der Waals surface area contributed by atoms with Gasteiger partial charge >= 0.3 is 6.03 Å². The Kier molecular flexibility index (Phi) is 3.97. The quantitative estimate of drug-likeness (QED) is 0.837. The highest BCUT2D eigenvalue weighted by Crippen LogP contribution is 2.27. The van der Waals surface area contributed by atoms with Crippen molar-refractivity contribution in [3.63, 3.8) is 0 Å². The lowest BCUT2D eigenvalue weighted by atomic mass is 10.1. The van der Waals surface area contributed by atoms with E-state index in [9.17, 15) is 14.4 Å². The first-order valence-electron chi connectivity index (χ1n) is 6.90. The third kappa shape index (κ3) is 2.89. The Bertz CT molecular complexity index is 608. The standard InChI is InChI=1S/C15H19N3O3/c1-8(2)16-15(21)17-10-5-6-11-12(7-10)14(20)18(9(3)4)13(11)19/h5-9H,1-4H3,(H2,16,17,21). The molecule has 0 radical (unpaired) electrons. The summed E-state index contributed by atoms with van der Waals surface area (Å²) < 4.78 is 0. The first kappa shape index (κ1) is 15.0. The Morgan fingerprint density at radius 2 is 1.67 bits per heavy atom. The topological polar surface area (TPSA) is 78.5 Å². The molecule has 4 amide bonds. The summed E-state index contributed by atoms with van der Waals surface area (Å²) in [6.45, 7) is 7.28. The first-order valence-corrected chi connectivity index (χ1v) is 6.90. The van der Waals surface area contributed by atoms with Gasteiger partial charge in [0.2, 0.25) is 0 Å². The predicted octanol–water partition coefficient (Wildman–Crippen LogP) is 2.22. The van der Waals surface area contributed by atoms with Gasteiger partial charge in [-0.05, 0) is 45.9 Å². The number of nitrogens with zero attached hydrogens (tertiary/aromatic N) is 1. The van der Waals surface area contributed by atoms with Crippen LogP contribution in [-0.4, -0.2) is 34.8 Å². The number of rotatable bonds is 3. The summed E-state index contributed by atoms with van der Waals surface area (Å²) in [5, 5.41) is 5.34. The summed E-state index contributed by atoms with van der Waals surface area (Å²) >= 11 is 0. The average Bonchev–Trinajstić information content (AvgIpc) is 2.60. The Balaban J connectivity index is 2.24. The van der Waals surface area contributed by atoms with Crippen LogP contribution in [0.4, 0.5) is 10.5 Å². The molecule has 112 valence electrons. The van der Waals surface area contributed by atoms with Crippen molar-refractivity contribution in [3.8, 4) is 0 Å². The molecule has 0 atom stereocenters. The maximum atomic E-state index is 12.2. The van der Waals surface area contributed by atoms with Crippen LogP contribution in [0.2, 0.25) is 0 Å². The molecule has 6 heteroatoms. The minimum Gasteiger partial charge on any atom is -0.336 e. The van der Waals surface area contributed by atoms with Gasteiger partial charge in [0.05, 0.1) is 11.1 Å². The second-order valence-electron chi connectivity index (χ2n) is 5.59. The van der Waals surface area contributed by atoms with Gasteiger partial charge in [-0.2, -0.15) is 0 Å². The van der Waals surface area contributed by atoms with Crippen molar-refractivity contribution >= 4 is 23.5 Å². The highest BCUT2D eigenvalue weighted by atomic mass is 16.2. The highest BCUT2D eigenvalue weighted by Gasteiger charge is 2.37. The first-order chi connectivity index (χ1) is 9.81. The van der Waals surface area contributed by atoms with Crippen LogP contribution >= 0.6 is 0 Å². The maximum Gasteiger partial charge on any atom is 0.319 e. The van der Waals surface area contributed by atoms with Crippen LogP contribution in [0.1, 0.15) is 48.4 Å². The summed E-state index contributed by atoms with van der Waals surface area (Å²) in [7, 11) is 0. The van der Waals surface area contributed by atoms with E-state index in [0.717, 1.165) is 0 Å². The lowest BCUT2D eigenvalue weighted by Crippen LogP contribution is -2.35. The molecule has 1 aliphatic rings. The molecule has 1 aliphatic heterocycles. The molecule has 6 nitrogen and oxygen atoms in total. The second kappa shape index (κ2) is 5.55. The van der Waals surface area contributed by atoms with E-state index < -0.39 is 0 Å². The summed E-state index contributed by atoms with van der Waals surface area (Å²) in [6.07, 6.45) is 0. The summed E-state index contributed by atoms with van der Waals surface area (Å²) in [6, 6.07) is 4.20. The van der Waals surface area contributed by atoms with Gasteiger partial charge in [0.15, 0.2) is 0 Å². The molecule has 0 fully saturated rings. The van der Waals surface area contributed by atoms with Gasteiger partial charge in [-0.1, -0.05) is 0 Å². The van der Waals surface area contributed by atoms with E-state index in [4.69, 9.17) is 0 Å². The fraction of sp³-hybridized carbons (Fsp3) is 0.400. The third-order valence-electron chi connectivity index (χ3n) is 3.11. The molecule has 2 rings (SSSR count). The molecule has 0 aromatic heterocycles. The molecule has 1 heterocycles. The number of carbonyl (C=O) groups excluding carboxylic acids is 3. The summed E-state index contributed by atoms with van der Waals surface area (Å²) in [5.74, 6) is -0.610. The van der Waals surface area contributed by atoms with Gasteiger partial charge < -0.3 is 10.6 Å². The van der Waals surface area contributed by atoms with Gasteiger partial charge in [-0.15, -0.1) is 0 Å². The molecule has 0 saturated carbocycles. The van der Waals surface area contributed by atoms with Crippen molar-refractivity contribution in [3.05, 3.63) is 29.3 Å². The van der Waals surface area contributed by atoms with Gasteiger partial charge in [-0.3, -0.25) is 14.5 Å². The number of imide groups is 1. The smallest absolute Gasteiger partial charge is 0.319 e. The molecular weight excluding hydrogens is 270 g/mol. The summed E-state index contributed by atoms with van der Waals surface area (Å²) in [4.78, 5) is 37.3. The van der Waals surface area contributed by atoms with Crippen molar-refractivity contribution < 1.29 is 14.4 Å². The number of urea groups is 1. The van der Waals surface area contributed by atoms with Crippen LogP contribution in [0.5, 0.6) is 0 Å². The molecule has 0 bridgehead atoms. The predicted molar refractivity (Wildman–Crippen MR) is 79.4 cm³/mol. The van der Waals surface area contributed by atoms with Gasteiger partial charge in [0.25, 0.3) is 11.8 Å².